The summed E-state index contributed by atoms with van der Waals surface area (Å²) in [6.45, 7) is 1.26. The van der Waals surface area contributed by atoms with Crippen LogP contribution in [0.2, 0.25) is 0 Å². The van der Waals surface area contributed by atoms with Crippen molar-refractivity contribution in [2.45, 2.75) is 18.9 Å². The maximum Gasteiger partial charge on any atom is 0.304 e. The van der Waals surface area contributed by atoms with Crippen molar-refractivity contribution < 1.29 is 14.3 Å². The highest BCUT2D eigenvalue weighted by Crippen LogP contribution is 2.19. The lowest BCUT2D eigenvalue weighted by molar-refractivity contribution is -0.138. The predicted octanol–water partition coefficient (Wildman–Crippen LogP) is 1.24. The second-order valence-electron chi connectivity index (χ2n) is 3.41. The molecule has 1 aliphatic rings. The summed E-state index contributed by atoms with van der Waals surface area (Å²) in [5.74, 6) is 1.13. The number of thioether (sulfide) groups is 1. The molecule has 1 fully saturated rings. The SMILES string of the molecule is O=C(O)CC1CSCCN1CCCF. The van der Waals surface area contributed by atoms with E-state index >= 15 is 0 Å². The Morgan fingerprint density at radius 3 is 3.07 bits per heavy atom. The Morgan fingerprint density at radius 1 is 1.64 bits per heavy atom. The zero-order chi connectivity index (χ0) is 10.4. The van der Waals surface area contributed by atoms with E-state index in [0.29, 0.717) is 13.0 Å². The van der Waals surface area contributed by atoms with Gasteiger partial charge in [0, 0.05) is 30.6 Å². The fourth-order valence-corrected chi connectivity index (χ4v) is 2.77. The lowest BCUT2D eigenvalue weighted by Crippen LogP contribution is -2.44. The molecule has 1 saturated heterocycles. The van der Waals surface area contributed by atoms with Gasteiger partial charge in [-0.15, -0.1) is 0 Å². The summed E-state index contributed by atoms with van der Waals surface area (Å²) in [7, 11) is 0. The van der Waals surface area contributed by atoms with Gasteiger partial charge in [-0.25, -0.2) is 0 Å². The van der Waals surface area contributed by atoms with Crippen molar-refractivity contribution in [1.82, 2.24) is 4.90 Å². The van der Waals surface area contributed by atoms with Crippen molar-refractivity contribution in [3.63, 3.8) is 0 Å². The third-order valence-electron chi connectivity index (χ3n) is 2.34. The van der Waals surface area contributed by atoms with E-state index in [1.165, 1.54) is 0 Å². The number of hydrogen-bond acceptors (Lipinski definition) is 3. The summed E-state index contributed by atoms with van der Waals surface area (Å²) in [6.07, 6.45) is 0.695. The molecule has 1 rings (SSSR count). The first kappa shape index (κ1) is 11.8. The van der Waals surface area contributed by atoms with E-state index < -0.39 is 5.97 Å². The summed E-state index contributed by atoms with van der Waals surface area (Å²) in [4.78, 5) is 12.7. The topological polar surface area (TPSA) is 40.5 Å². The third-order valence-corrected chi connectivity index (χ3v) is 3.43. The van der Waals surface area contributed by atoms with Crippen LogP contribution in [-0.4, -0.2) is 53.3 Å². The summed E-state index contributed by atoms with van der Waals surface area (Å²) in [5, 5.41) is 8.70. The normalized spacial score (nSPS) is 23.6. The molecule has 0 bridgehead atoms. The van der Waals surface area contributed by atoms with Crippen molar-refractivity contribution in [2.75, 3.05) is 31.3 Å². The maximum absolute atomic E-state index is 12.0. The van der Waals surface area contributed by atoms with Gasteiger partial charge in [0.25, 0.3) is 0 Å². The molecule has 0 radical (unpaired) electrons. The van der Waals surface area contributed by atoms with Crippen molar-refractivity contribution in [2.24, 2.45) is 0 Å². The highest BCUT2D eigenvalue weighted by molar-refractivity contribution is 7.99. The molecule has 1 atom stereocenters. The Kier molecular flexibility index (Phi) is 5.25. The average molecular weight is 221 g/mol. The summed E-state index contributed by atoms with van der Waals surface area (Å²) in [6, 6.07) is 0.0952. The number of rotatable bonds is 5. The van der Waals surface area contributed by atoms with Crippen LogP contribution in [0.25, 0.3) is 0 Å². The summed E-state index contributed by atoms with van der Waals surface area (Å²) in [5.41, 5.74) is 0. The standard InChI is InChI=1S/C9H16FNO2S/c10-2-1-3-11-4-5-14-7-8(11)6-9(12)13/h8H,1-7H2,(H,12,13). The number of carboxylic acids is 1. The molecule has 1 unspecified atom stereocenters. The molecule has 0 aliphatic carbocycles. The van der Waals surface area contributed by atoms with Crippen molar-refractivity contribution in [3.05, 3.63) is 0 Å². The highest BCUT2D eigenvalue weighted by Gasteiger charge is 2.24. The maximum atomic E-state index is 12.0. The largest absolute Gasteiger partial charge is 0.481 e. The molecule has 0 amide bonds. The van der Waals surface area contributed by atoms with Crippen LogP contribution in [0.3, 0.4) is 0 Å². The molecule has 0 aromatic carbocycles. The van der Waals surface area contributed by atoms with Gasteiger partial charge in [0.05, 0.1) is 13.1 Å². The van der Waals surface area contributed by atoms with Gasteiger partial charge in [0.1, 0.15) is 0 Å². The summed E-state index contributed by atoms with van der Waals surface area (Å²) < 4.78 is 12.0. The zero-order valence-corrected chi connectivity index (χ0v) is 8.93. The van der Waals surface area contributed by atoms with Crippen LogP contribution < -0.4 is 0 Å². The van der Waals surface area contributed by atoms with E-state index in [4.69, 9.17) is 5.11 Å². The van der Waals surface area contributed by atoms with Gasteiger partial charge >= 0.3 is 5.97 Å². The smallest absolute Gasteiger partial charge is 0.304 e. The lowest BCUT2D eigenvalue weighted by Gasteiger charge is -2.34. The molecular weight excluding hydrogens is 205 g/mol. The van der Waals surface area contributed by atoms with Crippen LogP contribution in [0.4, 0.5) is 4.39 Å². The highest BCUT2D eigenvalue weighted by atomic mass is 32.2. The second kappa shape index (κ2) is 6.24. The van der Waals surface area contributed by atoms with Gasteiger partial charge in [0.15, 0.2) is 0 Å². The van der Waals surface area contributed by atoms with E-state index in [9.17, 15) is 9.18 Å². The fourth-order valence-electron chi connectivity index (χ4n) is 1.64. The molecule has 1 N–H and O–H groups in total. The van der Waals surface area contributed by atoms with Gasteiger partial charge < -0.3 is 5.11 Å². The fraction of sp³-hybridized carbons (Fsp3) is 0.889. The molecule has 82 valence electrons. The second-order valence-corrected chi connectivity index (χ2v) is 4.55. The molecule has 1 heterocycles. The quantitative estimate of drug-likeness (QED) is 0.758. The Hall–Kier alpha value is -0.290. The van der Waals surface area contributed by atoms with E-state index in [-0.39, 0.29) is 19.1 Å². The van der Waals surface area contributed by atoms with Crippen LogP contribution in [0.15, 0.2) is 0 Å². The minimum atomic E-state index is -0.761. The number of alkyl halides is 1. The number of aliphatic carboxylic acids is 1. The molecule has 0 aromatic rings. The minimum absolute atomic E-state index is 0.0952. The first-order valence-corrected chi connectivity index (χ1v) is 5.99. The number of carbonyl (C=O) groups is 1. The van der Waals surface area contributed by atoms with Gasteiger partial charge in [-0.1, -0.05) is 0 Å². The number of halogens is 1. The number of hydrogen-bond donors (Lipinski definition) is 1. The van der Waals surface area contributed by atoms with Crippen LogP contribution in [-0.2, 0) is 4.79 Å². The monoisotopic (exact) mass is 221 g/mol. The molecule has 0 spiro atoms. The van der Waals surface area contributed by atoms with Gasteiger partial charge in [0.2, 0.25) is 0 Å². The number of nitrogens with zero attached hydrogens (tertiary/aromatic N) is 1. The predicted molar refractivity (Wildman–Crippen MR) is 55.5 cm³/mol. The Labute approximate surface area is 87.7 Å². The van der Waals surface area contributed by atoms with Crippen LogP contribution in [0.1, 0.15) is 12.8 Å². The molecule has 14 heavy (non-hydrogen) atoms. The number of carboxylic acid groups (broad SMARTS) is 1. The van der Waals surface area contributed by atoms with Crippen LogP contribution in [0.5, 0.6) is 0 Å². The summed E-state index contributed by atoms with van der Waals surface area (Å²) >= 11 is 1.78. The van der Waals surface area contributed by atoms with Crippen LogP contribution >= 0.6 is 11.8 Å². The Morgan fingerprint density at radius 2 is 2.43 bits per heavy atom. The van der Waals surface area contributed by atoms with Gasteiger partial charge in [-0.05, 0) is 6.42 Å². The molecule has 3 nitrogen and oxygen atoms in total. The Bertz CT molecular complexity index is 192. The zero-order valence-electron chi connectivity index (χ0n) is 8.12. The third kappa shape index (κ3) is 3.84. The minimum Gasteiger partial charge on any atom is -0.481 e. The molecule has 0 aromatic heterocycles. The van der Waals surface area contributed by atoms with Gasteiger partial charge in [-0.3, -0.25) is 14.1 Å². The van der Waals surface area contributed by atoms with Crippen molar-refractivity contribution in [1.29, 1.82) is 0 Å². The molecule has 0 saturated carbocycles. The van der Waals surface area contributed by atoms with E-state index in [1.54, 1.807) is 11.8 Å². The van der Waals surface area contributed by atoms with Gasteiger partial charge in [-0.2, -0.15) is 11.8 Å². The van der Waals surface area contributed by atoms with Crippen molar-refractivity contribution in [3.8, 4) is 0 Å². The van der Waals surface area contributed by atoms with E-state index in [1.807, 2.05) is 0 Å². The van der Waals surface area contributed by atoms with Crippen LogP contribution in [0, 0.1) is 0 Å². The molecule has 5 heteroatoms. The van der Waals surface area contributed by atoms with Crippen molar-refractivity contribution >= 4 is 17.7 Å². The molecular formula is C9H16FNO2S. The molecule has 1 aliphatic heterocycles. The first-order valence-electron chi connectivity index (χ1n) is 4.83. The Balaban J connectivity index is 2.37. The van der Waals surface area contributed by atoms with E-state index in [2.05, 4.69) is 4.90 Å². The van der Waals surface area contributed by atoms with E-state index in [0.717, 1.165) is 18.1 Å². The first-order chi connectivity index (χ1) is 6.74. The lowest BCUT2D eigenvalue weighted by atomic mass is 10.2. The average Bonchev–Trinajstić information content (AvgIpc) is 2.16.